The SMILES string of the molecule is COC(=O)CC1C2=C(CCC(C)(C)C2=O)OC2=C1C(=O)C(C)(C)CC2. The summed E-state index contributed by atoms with van der Waals surface area (Å²) < 4.78 is 10.9. The molecule has 0 radical (unpaired) electrons. The van der Waals surface area contributed by atoms with Gasteiger partial charge in [0.05, 0.1) is 13.5 Å². The fourth-order valence-corrected chi connectivity index (χ4v) is 4.00. The van der Waals surface area contributed by atoms with E-state index in [1.54, 1.807) is 0 Å². The first kappa shape index (κ1) is 17.9. The molecule has 0 amide bonds. The van der Waals surface area contributed by atoms with Crippen molar-refractivity contribution in [3.8, 4) is 0 Å². The highest BCUT2D eigenvalue weighted by Gasteiger charge is 2.49. The van der Waals surface area contributed by atoms with Gasteiger partial charge in [-0.25, -0.2) is 0 Å². The molecular formula is C20H26O5. The number of rotatable bonds is 2. The first-order valence-corrected chi connectivity index (χ1v) is 8.89. The summed E-state index contributed by atoms with van der Waals surface area (Å²) >= 11 is 0. The van der Waals surface area contributed by atoms with Crippen LogP contribution in [0, 0.1) is 16.7 Å². The number of hydrogen-bond acceptors (Lipinski definition) is 5. The van der Waals surface area contributed by atoms with Crippen LogP contribution in [-0.2, 0) is 23.9 Å². The number of methoxy groups -OCH3 is 1. The van der Waals surface area contributed by atoms with Crippen molar-refractivity contribution in [1.82, 2.24) is 0 Å². The van der Waals surface area contributed by atoms with Crippen LogP contribution in [0.3, 0.4) is 0 Å². The minimum Gasteiger partial charge on any atom is -0.469 e. The van der Waals surface area contributed by atoms with Gasteiger partial charge in [0.1, 0.15) is 11.5 Å². The number of carbonyl (C=O) groups excluding carboxylic acids is 3. The van der Waals surface area contributed by atoms with Crippen LogP contribution in [0.2, 0.25) is 0 Å². The smallest absolute Gasteiger partial charge is 0.306 e. The maximum Gasteiger partial charge on any atom is 0.306 e. The second-order valence-electron chi connectivity index (χ2n) is 8.53. The van der Waals surface area contributed by atoms with Gasteiger partial charge in [-0.1, -0.05) is 27.7 Å². The number of ether oxygens (including phenoxy) is 2. The van der Waals surface area contributed by atoms with Crippen molar-refractivity contribution < 1.29 is 23.9 Å². The molecule has 25 heavy (non-hydrogen) atoms. The second kappa shape index (κ2) is 5.82. The van der Waals surface area contributed by atoms with E-state index in [1.807, 2.05) is 27.7 Å². The highest BCUT2D eigenvalue weighted by atomic mass is 16.5. The summed E-state index contributed by atoms with van der Waals surface area (Å²) in [5.74, 6) is 0.271. The molecule has 5 heteroatoms. The van der Waals surface area contributed by atoms with Crippen LogP contribution in [0.15, 0.2) is 22.7 Å². The van der Waals surface area contributed by atoms with E-state index in [1.165, 1.54) is 7.11 Å². The van der Waals surface area contributed by atoms with Crippen molar-refractivity contribution in [1.29, 1.82) is 0 Å². The number of carbonyl (C=O) groups is 3. The molecule has 0 bridgehead atoms. The Morgan fingerprint density at radius 2 is 1.44 bits per heavy atom. The van der Waals surface area contributed by atoms with Crippen LogP contribution in [0.5, 0.6) is 0 Å². The molecule has 3 rings (SSSR count). The van der Waals surface area contributed by atoms with Crippen molar-refractivity contribution in [2.24, 2.45) is 16.7 Å². The Labute approximate surface area is 148 Å². The minimum atomic E-state index is -0.551. The third kappa shape index (κ3) is 2.83. The molecule has 0 spiro atoms. The van der Waals surface area contributed by atoms with Gasteiger partial charge >= 0.3 is 5.97 Å². The Bertz CT molecular complexity index is 668. The maximum atomic E-state index is 13.1. The summed E-state index contributed by atoms with van der Waals surface area (Å²) in [6.07, 6.45) is 2.72. The fourth-order valence-electron chi connectivity index (χ4n) is 4.00. The summed E-state index contributed by atoms with van der Waals surface area (Å²) in [4.78, 5) is 38.2. The molecule has 5 nitrogen and oxygen atoms in total. The molecule has 0 aromatic heterocycles. The minimum absolute atomic E-state index is 0.00116. The largest absolute Gasteiger partial charge is 0.469 e. The van der Waals surface area contributed by atoms with Crippen molar-refractivity contribution in [2.45, 2.75) is 59.8 Å². The molecule has 0 aromatic rings. The Balaban J connectivity index is 2.11. The Morgan fingerprint density at radius 3 is 1.84 bits per heavy atom. The van der Waals surface area contributed by atoms with Crippen molar-refractivity contribution in [2.75, 3.05) is 7.11 Å². The van der Waals surface area contributed by atoms with E-state index in [0.29, 0.717) is 48.3 Å². The Morgan fingerprint density at radius 1 is 1.00 bits per heavy atom. The zero-order valence-corrected chi connectivity index (χ0v) is 15.7. The predicted molar refractivity (Wildman–Crippen MR) is 91.3 cm³/mol. The molecule has 1 heterocycles. The van der Waals surface area contributed by atoms with Crippen molar-refractivity contribution in [3.63, 3.8) is 0 Å². The summed E-state index contributed by atoms with van der Waals surface area (Å²) in [6, 6.07) is 0. The predicted octanol–water partition coefficient (Wildman–Crippen LogP) is 3.48. The van der Waals surface area contributed by atoms with Crippen LogP contribution in [0.1, 0.15) is 59.8 Å². The molecule has 0 unspecified atom stereocenters. The zero-order valence-electron chi connectivity index (χ0n) is 15.7. The Kier molecular flexibility index (Phi) is 4.17. The molecule has 0 N–H and O–H groups in total. The van der Waals surface area contributed by atoms with Crippen molar-refractivity contribution >= 4 is 17.5 Å². The first-order valence-electron chi connectivity index (χ1n) is 8.89. The number of Topliss-reactive ketones (excluding diaryl/α,β-unsaturated/α-hetero) is 2. The van der Waals surface area contributed by atoms with Crippen LogP contribution in [0.25, 0.3) is 0 Å². The zero-order chi connectivity index (χ0) is 18.6. The summed E-state index contributed by atoms with van der Waals surface area (Å²) in [5.41, 5.74) is -0.0121. The van der Waals surface area contributed by atoms with Gasteiger partial charge < -0.3 is 9.47 Å². The molecule has 0 saturated carbocycles. The van der Waals surface area contributed by atoms with Crippen LogP contribution < -0.4 is 0 Å². The van der Waals surface area contributed by atoms with Crippen LogP contribution >= 0.6 is 0 Å². The first-order chi connectivity index (χ1) is 11.6. The van der Waals surface area contributed by atoms with Crippen molar-refractivity contribution in [3.05, 3.63) is 22.7 Å². The third-order valence-electron chi connectivity index (χ3n) is 5.82. The van der Waals surface area contributed by atoms with Gasteiger partial charge in [0, 0.05) is 40.7 Å². The summed E-state index contributed by atoms with van der Waals surface area (Å²) in [5, 5.41) is 0. The lowest BCUT2D eigenvalue weighted by atomic mass is 9.64. The van der Waals surface area contributed by atoms with E-state index in [2.05, 4.69) is 0 Å². The lowest BCUT2D eigenvalue weighted by Crippen LogP contribution is -2.42. The topological polar surface area (TPSA) is 69.7 Å². The lowest BCUT2D eigenvalue weighted by Gasteiger charge is -2.42. The fraction of sp³-hybridized carbons (Fsp3) is 0.650. The average molecular weight is 346 g/mol. The quantitative estimate of drug-likeness (QED) is 0.716. The number of esters is 1. The maximum absolute atomic E-state index is 13.1. The van der Waals surface area contributed by atoms with E-state index in [4.69, 9.17) is 9.47 Å². The van der Waals surface area contributed by atoms with Gasteiger partial charge in [-0.3, -0.25) is 14.4 Å². The lowest BCUT2D eigenvalue weighted by molar-refractivity contribution is -0.141. The highest BCUT2D eigenvalue weighted by molar-refractivity contribution is 6.08. The third-order valence-corrected chi connectivity index (χ3v) is 5.82. The van der Waals surface area contributed by atoms with E-state index in [9.17, 15) is 14.4 Å². The number of allylic oxidation sites excluding steroid dienone is 4. The average Bonchev–Trinajstić information content (AvgIpc) is 2.54. The summed E-state index contributed by atoms with van der Waals surface area (Å²) in [7, 11) is 1.32. The number of hydrogen-bond donors (Lipinski definition) is 0. The van der Waals surface area contributed by atoms with Gasteiger partial charge in [0.15, 0.2) is 11.6 Å². The summed E-state index contributed by atoms with van der Waals surface area (Å²) in [6.45, 7) is 7.63. The molecule has 3 aliphatic rings. The van der Waals surface area contributed by atoms with Gasteiger partial charge in [-0.15, -0.1) is 0 Å². The molecule has 2 aliphatic carbocycles. The second-order valence-corrected chi connectivity index (χ2v) is 8.53. The van der Waals surface area contributed by atoms with Crippen LogP contribution in [-0.4, -0.2) is 24.6 Å². The van der Waals surface area contributed by atoms with Gasteiger partial charge in [-0.2, -0.15) is 0 Å². The van der Waals surface area contributed by atoms with Gasteiger partial charge in [0.2, 0.25) is 0 Å². The molecule has 0 atom stereocenters. The van der Waals surface area contributed by atoms with E-state index in [0.717, 1.165) is 0 Å². The molecule has 136 valence electrons. The molecule has 0 saturated heterocycles. The van der Waals surface area contributed by atoms with E-state index >= 15 is 0 Å². The molecule has 0 fully saturated rings. The standard InChI is InChI=1S/C20H26O5/c1-19(2)8-6-12-15(17(19)22)11(10-14(21)24-5)16-13(25-12)7-9-20(3,4)18(16)23/h11H,6-10H2,1-5H3. The molecule has 0 aromatic carbocycles. The number of ketones is 2. The molecule has 1 aliphatic heterocycles. The highest BCUT2D eigenvalue weighted by Crippen LogP contribution is 2.50. The van der Waals surface area contributed by atoms with Gasteiger partial charge in [0.25, 0.3) is 0 Å². The van der Waals surface area contributed by atoms with E-state index in [-0.39, 0.29) is 18.0 Å². The molecular weight excluding hydrogens is 320 g/mol. The van der Waals surface area contributed by atoms with Gasteiger partial charge in [-0.05, 0) is 12.8 Å². The Hall–Kier alpha value is -1.91. The normalized spacial score (nSPS) is 25.3. The van der Waals surface area contributed by atoms with Crippen LogP contribution in [0.4, 0.5) is 0 Å². The monoisotopic (exact) mass is 346 g/mol. The van der Waals surface area contributed by atoms with E-state index < -0.39 is 22.7 Å².